The summed E-state index contributed by atoms with van der Waals surface area (Å²) in [6.07, 6.45) is 2.11. The summed E-state index contributed by atoms with van der Waals surface area (Å²) in [6.45, 7) is 1.25. The third kappa shape index (κ3) is 5.49. The number of benzene rings is 3. The van der Waals surface area contributed by atoms with Crippen molar-refractivity contribution in [1.29, 1.82) is 0 Å². The van der Waals surface area contributed by atoms with Gasteiger partial charge in [-0.3, -0.25) is 19.3 Å². The van der Waals surface area contributed by atoms with Crippen molar-refractivity contribution in [3.05, 3.63) is 92.9 Å². The smallest absolute Gasteiger partial charge is 0.338 e. The van der Waals surface area contributed by atoms with Crippen LogP contribution in [-0.4, -0.2) is 30.3 Å². The summed E-state index contributed by atoms with van der Waals surface area (Å²) in [4.78, 5) is 53.0. The topological polar surface area (TPSA) is 92.8 Å². The van der Waals surface area contributed by atoms with Gasteiger partial charge in [0.1, 0.15) is 0 Å². The van der Waals surface area contributed by atoms with E-state index < -0.39 is 18.5 Å². The number of imide groups is 1. The van der Waals surface area contributed by atoms with Crippen LogP contribution in [0.25, 0.3) is 0 Å². The predicted molar refractivity (Wildman–Crippen MR) is 152 cm³/mol. The fourth-order valence-corrected chi connectivity index (χ4v) is 6.02. The summed E-state index contributed by atoms with van der Waals surface area (Å²) in [5.41, 5.74) is 2.83. The molecule has 7 nitrogen and oxygen atoms in total. The van der Waals surface area contributed by atoms with Crippen LogP contribution in [0.15, 0.2) is 71.2 Å². The fourth-order valence-electron chi connectivity index (χ4n) is 5.42. The van der Waals surface area contributed by atoms with E-state index in [2.05, 4.69) is 33.4 Å². The van der Waals surface area contributed by atoms with Crippen molar-refractivity contribution in [2.75, 3.05) is 16.8 Å². The Balaban J connectivity index is 1.24. The van der Waals surface area contributed by atoms with Gasteiger partial charge in [0.05, 0.1) is 28.1 Å². The molecule has 9 heteroatoms. The minimum absolute atomic E-state index is 0.140. The number of rotatable bonds is 6. The molecule has 200 valence electrons. The molecule has 5 rings (SSSR count). The summed E-state index contributed by atoms with van der Waals surface area (Å²) in [5, 5.41) is 3.15. The molecule has 3 aromatic carbocycles. The number of carbonyl (C=O) groups is 4. The highest BCUT2D eigenvalue weighted by Gasteiger charge is 2.50. The largest absolute Gasteiger partial charge is 0.452 e. The highest BCUT2D eigenvalue weighted by atomic mass is 79.9. The zero-order chi connectivity index (χ0) is 27.7. The van der Waals surface area contributed by atoms with E-state index in [0.29, 0.717) is 39.3 Å². The fraction of sp³-hybridized carbons (Fsp3) is 0.267. The van der Waals surface area contributed by atoms with Crippen LogP contribution in [0.3, 0.4) is 0 Å². The summed E-state index contributed by atoms with van der Waals surface area (Å²) in [7, 11) is 0. The molecule has 0 radical (unpaired) electrons. The van der Waals surface area contributed by atoms with Crippen LogP contribution in [-0.2, 0) is 19.1 Å². The summed E-state index contributed by atoms with van der Waals surface area (Å²) >= 11 is 9.53. The van der Waals surface area contributed by atoms with Gasteiger partial charge in [0.15, 0.2) is 6.61 Å². The molecule has 39 heavy (non-hydrogen) atoms. The molecule has 3 aromatic rings. The molecule has 2 fully saturated rings. The van der Waals surface area contributed by atoms with Gasteiger partial charge in [-0.2, -0.15) is 0 Å². The number of nitrogens with one attached hydrogen (secondary N) is 1. The predicted octanol–water partition coefficient (Wildman–Crippen LogP) is 6.28. The van der Waals surface area contributed by atoms with E-state index in [4.69, 9.17) is 16.3 Å². The number of carbonyl (C=O) groups excluding carboxylic acids is 4. The molecule has 0 spiro atoms. The van der Waals surface area contributed by atoms with Crippen LogP contribution in [0.2, 0.25) is 5.02 Å². The Kier molecular flexibility index (Phi) is 7.86. The lowest BCUT2D eigenvalue weighted by Gasteiger charge is -2.28. The summed E-state index contributed by atoms with van der Waals surface area (Å²) in [6, 6.07) is 19.7. The molecule has 2 aliphatic rings. The first-order chi connectivity index (χ1) is 18.7. The first-order valence-electron chi connectivity index (χ1n) is 12.7. The van der Waals surface area contributed by atoms with E-state index in [9.17, 15) is 19.2 Å². The number of ether oxygens (including phenoxy) is 1. The maximum atomic E-state index is 13.4. The van der Waals surface area contributed by atoms with Crippen LogP contribution in [0.5, 0.6) is 0 Å². The van der Waals surface area contributed by atoms with Gasteiger partial charge in [-0.1, -0.05) is 48.0 Å². The Hall–Kier alpha value is -3.49. The normalized spacial score (nSPS) is 20.5. The number of hydrogen-bond acceptors (Lipinski definition) is 5. The first-order valence-corrected chi connectivity index (χ1v) is 13.9. The number of halogens is 2. The average molecular weight is 610 g/mol. The lowest BCUT2D eigenvalue weighted by molar-refractivity contribution is -0.122. The SMILES string of the molecule is Cc1c(NC(=O)COC(=O)c2cccc(N3C(=O)[C@H]4C[C@@H](c5ccccc5)CC[C@H]4C3=O)c2)ccc(Br)c1Cl. The average Bonchev–Trinajstić information content (AvgIpc) is 3.21. The Morgan fingerprint density at radius 1 is 1.00 bits per heavy atom. The zero-order valence-corrected chi connectivity index (χ0v) is 23.5. The van der Waals surface area contributed by atoms with Gasteiger partial charge in [-0.15, -0.1) is 0 Å². The summed E-state index contributed by atoms with van der Waals surface area (Å²) in [5.74, 6) is -2.24. The molecule has 3 atom stereocenters. The lowest BCUT2D eigenvalue weighted by Crippen LogP contribution is -2.31. The Bertz CT molecular complexity index is 1460. The molecule has 0 bridgehead atoms. The molecule has 0 aromatic heterocycles. The second kappa shape index (κ2) is 11.3. The molecular weight excluding hydrogens is 584 g/mol. The van der Waals surface area contributed by atoms with Crippen molar-refractivity contribution in [3.63, 3.8) is 0 Å². The van der Waals surface area contributed by atoms with Crippen LogP contribution >= 0.6 is 27.5 Å². The highest BCUT2D eigenvalue weighted by molar-refractivity contribution is 9.10. The van der Waals surface area contributed by atoms with Gasteiger partial charge >= 0.3 is 5.97 Å². The molecule has 1 aliphatic carbocycles. The quantitative estimate of drug-likeness (QED) is 0.262. The highest BCUT2D eigenvalue weighted by Crippen LogP contribution is 2.45. The van der Waals surface area contributed by atoms with Crippen LogP contribution in [0, 0.1) is 18.8 Å². The lowest BCUT2D eigenvalue weighted by atomic mass is 9.73. The second-order valence-electron chi connectivity index (χ2n) is 9.85. The molecule has 1 aliphatic heterocycles. The van der Waals surface area contributed by atoms with E-state index in [1.807, 2.05) is 18.2 Å². The minimum Gasteiger partial charge on any atom is -0.452 e. The van der Waals surface area contributed by atoms with E-state index >= 15 is 0 Å². The number of amides is 3. The molecule has 0 unspecified atom stereocenters. The van der Waals surface area contributed by atoms with Gasteiger partial charge < -0.3 is 10.1 Å². The van der Waals surface area contributed by atoms with Gasteiger partial charge in [-0.25, -0.2) is 4.79 Å². The number of fused-ring (bicyclic) bond motifs is 1. The first kappa shape index (κ1) is 27.1. The summed E-state index contributed by atoms with van der Waals surface area (Å²) < 4.78 is 5.91. The number of esters is 1. The number of anilines is 2. The second-order valence-corrected chi connectivity index (χ2v) is 11.1. The van der Waals surface area contributed by atoms with Gasteiger partial charge in [0.2, 0.25) is 11.8 Å². The van der Waals surface area contributed by atoms with Crippen molar-refractivity contribution in [1.82, 2.24) is 0 Å². The van der Waals surface area contributed by atoms with E-state index in [-0.39, 0.29) is 35.1 Å². The zero-order valence-electron chi connectivity index (χ0n) is 21.2. The molecule has 1 N–H and O–H groups in total. The molecule has 3 amide bonds. The van der Waals surface area contributed by atoms with E-state index in [1.54, 1.807) is 31.2 Å². The molecule has 1 heterocycles. The van der Waals surface area contributed by atoms with Crippen LogP contribution < -0.4 is 10.2 Å². The van der Waals surface area contributed by atoms with Crippen molar-refractivity contribution in [3.8, 4) is 0 Å². The van der Waals surface area contributed by atoms with Crippen molar-refractivity contribution in [2.24, 2.45) is 11.8 Å². The maximum Gasteiger partial charge on any atom is 0.338 e. The molecular formula is C30H26BrClN2O5. The van der Waals surface area contributed by atoms with Gasteiger partial charge in [0, 0.05) is 10.2 Å². The Labute approximate surface area is 239 Å². The molecule has 1 saturated heterocycles. The standard InChI is InChI=1S/C30H26BrClN2O5/c1-17-25(13-12-24(31)27(17)32)33-26(35)16-39-30(38)20-8-5-9-21(14-20)34-28(36)22-11-10-19(15-23(22)29(34)37)18-6-3-2-4-7-18/h2-9,12-14,19,22-23H,10-11,15-16H2,1H3,(H,33,35)/t19-,22+,23-/m0/s1. The minimum atomic E-state index is -0.738. The van der Waals surface area contributed by atoms with Crippen LogP contribution in [0.1, 0.15) is 46.7 Å². The maximum absolute atomic E-state index is 13.4. The van der Waals surface area contributed by atoms with Crippen molar-refractivity contribution in [2.45, 2.75) is 32.1 Å². The number of nitrogens with zero attached hydrogens (tertiary/aromatic N) is 1. The number of hydrogen-bond donors (Lipinski definition) is 1. The van der Waals surface area contributed by atoms with Crippen molar-refractivity contribution >= 4 is 62.6 Å². The third-order valence-corrected chi connectivity index (χ3v) is 8.86. The van der Waals surface area contributed by atoms with E-state index in [0.717, 1.165) is 6.42 Å². The monoisotopic (exact) mass is 608 g/mol. The van der Waals surface area contributed by atoms with Crippen LogP contribution in [0.4, 0.5) is 11.4 Å². The Morgan fingerprint density at radius 2 is 1.74 bits per heavy atom. The third-order valence-electron chi connectivity index (χ3n) is 7.48. The van der Waals surface area contributed by atoms with Crippen molar-refractivity contribution < 1.29 is 23.9 Å². The Morgan fingerprint density at radius 3 is 2.51 bits per heavy atom. The van der Waals surface area contributed by atoms with E-state index in [1.165, 1.54) is 22.6 Å². The molecule has 1 saturated carbocycles. The van der Waals surface area contributed by atoms with Gasteiger partial charge in [0.25, 0.3) is 5.91 Å². The van der Waals surface area contributed by atoms with Gasteiger partial charge in [-0.05, 0) is 89.5 Å².